The van der Waals surface area contributed by atoms with E-state index in [2.05, 4.69) is 15.0 Å². The molecule has 4 heterocycles. The highest BCUT2D eigenvalue weighted by Gasteiger charge is 2.41. The summed E-state index contributed by atoms with van der Waals surface area (Å²) >= 11 is 0. The van der Waals surface area contributed by atoms with Gasteiger partial charge in [-0.05, 0) is 38.3 Å². The summed E-state index contributed by atoms with van der Waals surface area (Å²) in [6.45, 7) is 4.82. The molecule has 2 saturated heterocycles. The highest BCUT2D eigenvalue weighted by atomic mass is 16.5. The second-order valence-electron chi connectivity index (χ2n) is 5.99. The topological polar surface area (TPSA) is 64.5 Å². The fraction of sp³-hybridized carbons (Fsp3) is 0.600. The van der Waals surface area contributed by atoms with Crippen molar-refractivity contribution in [3.8, 4) is 0 Å². The van der Waals surface area contributed by atoms with Gasteiger partial charge in [-0.1, -0.05) is 5.16 Å². The Balaban J connectivity index is 1.40. The Morgan fingerprint density at radius 2 is 2.38 bits per heavy atom. The van der Waals surface area contributed by atoms with Gasteiger partial charge in [0.1, 0.15) is 6.10 Å². The van der Waals surface area contributed by atoms with Crippen LogP contribution in [0.3, 0.4) is 0 Å². The molecular formula is C15H19N3O3. The van der Waals surface area contributed by atoms with Crippen LogP contribution in [-0.2, 0) is 11.3 Å². The Morgan fingerprint density at radius 3 is 3.14 bits per heavy atom. The molecule has 4 rings (SSSR count). The summed E-state index contributed by atoms with van der Waals surface area (Å²) in [5, 5.41) is 3.86. The predicted molar refractivity (Wildman–Crippen MR) is 73.4 cm³/mol. The lowest BCUT2D eigenvalue weighted by atomic mass is 9.91. The second-order valence-corrected chi connectivity index (χ2v) is 5.99. The number of hydrogen-bond donors (Lipinski definition) is 0. The van der Waals surface area contributed by atoms with Crippen LogP contribution in [0.2, 0.25) is 0 Å². The fourth-order valence-corrected chi connectivity index (χ4v) is 3.38. The molecule has 0 amide bonds. The number of nitrogens with zero attached hydrogens (tertiary/aromatic N) is 3. The van der Waals surface area contributed by atoms with E-state index in [-0.39, 0.29) is 12.2 Å². The summed E-state index contributed by atoms with van der Waals surface area (Å²) < 4.78 is 16.5. The average Bonchev–Trinajstić information content (AvgIpc) is 3.18. The first kappa shape index (κ1) is 13.0. The lowest BCUT2D eigenvalue weighted by Gasteiger charge is -2.33. The van der Waals surface area contributed by atoms with Gasteiger partial charge in [-0.25, -0.2) is 0 Å². The fourth-order valence-electron chi connectivity index (χ4n) is 3.38. The van der Waals surface area contributed by atoms with E-state index in [9.17, 15) is 0 Å². The van der Waals surface area contributed by atoms with Crippen LogP contribution < -0.4 is 0 Å². The molecule has 0 unspecified atom stereocenters. The molecule has 2 aliphatic heterocycles. The minimum atomic E-state index is -0.0323. The van der Waals surface area contributed by atoms with Gasteiger partial charge in [0.15, 0.2) is 5.82 Å². The van der Waals surface area contributed by atoms with Crippen LogP contribution in [0.5, 0.6) is 0 Å². The lowest BCUT2D eigenvalue weighted by Crippen LogP contribution is -2.41. The van der Waals surface area contributed by atoms with Crippen molar-refractivity contribution in [1.29, 1.82) is 0 Å². The van der Waals surface area contributed by atoms with Crippen LogP contribution in [0.15, 0.2) is 27.5 Å². The van der Waals surface area contributed by atoms with Crippen LogP contribution in [0.4, 0.5) is 0 Å². The summed E-state index contributed by atoms with van der Waals surface area (Å²) in [5.41, 5.74) is 1.22. The molecule has 6 nitrogen and oxygen atoms in total. The minimum Gasteiger partial charge on any atom is -0.472 e. The lowest BCUT2D eigenvalue weighted by molar-refractivity contribution is -0.0190. The summed E-state index contributed by atoms with van der Waals surface area (Å²) in [7, 11) is 0. The van der Waals surface area contributed by atoms with E-state index in [1.54, 1.807) is 6.26 Å². The SMILES string of the molecule is Cc1noc([C@@H]2C[C@@H]3CCN(Cc4ccoc4)C[C@H]3O2)n1. The quantitative estimate of drug-likeness (QED) is 0.864. The van der Waals surface area contributed by atoms with E-state index >= 15 is 0 Å². The normalized spacial score (nSPS) is 29.7. The zero-order chi connectivity index (χ0) is 14.2. The molecule has 2 aromatic rings. The predicted octanol–water partition coefficient (Wildman–Crippen LogP) is 2.32. The van der Waals surface area contributed by atoms with Gasteiger partial charge in [0, 0.05) is 18.7 Å². The van der Waals surface area contributed by atoms with Gasteiger partial charge in [-0.2, -0.15) is 4.98 Å². The molecular weight excluding hydrogens is 270 g/mol. The maximum Gasteiger partial charge on any atom is 0.255 e. The van der Waals surface area contributed by atoms with Gasteiger partial charge >= 0.3 is 0 Å². The Labute approximate surface area is 123 Å². The molecule has 0 aliphatic carbocycles. The number of likely N-dealkylation sites (tertiary alicyclic amines) is 1. The molecule has 6 heteroatoms. The third-order valence-electron chi connectivity index (χ3n) is 4.44. The smallest absolute Gasteiger partial charge is 0.255 e. The van der Waals surface area contributed by atoms with Gasteiger partial charge in [-0.15, -0.1) is 0 Å². The van der Waals surface area contributed by atoms with Crippen molar-refractivity contribution < 1.29 is 13.7 Å². The molecule has 0 spiro atoms. The molecule has 0 radical (unpaired) electrons. The van der Waals surface area contributed by atoms with Crippen LogP contribution in [0.1, 0.15) is 36.2 Å². The highest BCUT2D eigenvalue weighted by Crippen LogP contribution is 2.40. The Morgan fingerprint density at radius 1 is 1.43 bits per heavy atom. The third kappa shape index (κ3) is 2.61. The standard InChI is InChI=1S/C15H19N3O3/c1-10-16-15(21-17-10)13-6-12-2-4-18(8-14(12)20-13)7-11-3-5-19-9-11/h3,5,9,12-14H,2,4,6-8H2,1H3/t12-,13-,14+/m0/s1. The zero-order valence-corrected chi connectivity index (χ0v) is 12.1. The molecule has 2 aromatic heterocycles. The summed E-state index contributed by atoms with van der Waals surface area (Å²) in [4.78, 5) is 6.73. The number of aromatic nitrogens is 2. The molecule has 0 N–H and O–H groups in total. The monoisotopic (exact) mass is 289 g/mol. The van der Waals surface area contributed by atoms with Crippen LogP contribution in [0.25, 0.3) is 0 Å². The number of rotatable bonds is 3. The Bertz CT molecular complexity index is 595. The first-order valence-corrected chi connectivity index (χ1v) is 7.47. The molecule has 0 saturated carbocycles. The largest absolute Gasteiger partial charge is 0.472 e. The van der Waals surface area contributed by atoms with Gasteiger partial charge in [0.25, 0.3) is 5.89 Å². The van der Waals surface area contributed by atoms with E-state index in [0.29, 0.717) is 17.6 Å². The molecule has 2 aliphatic rings. The molecule has 0 aromatic carbocycles. The van der Waals surface area contributed by atoms with E-state index in [4.69, 9.17) is 13.7 Å². The van der Waals surface area contributed by atoms with Crippen molar-refractivity contribution in [1.82, 2.24) is 15.0 Å². The van der Waals surface area contributed by atoms with Crippen LogP contribution in [-0.4, -0.2) is 34.2 Å². The highest BCUT2D eigenvalue weighted by molar-refractivity contribution is 5.06. The number of fused-ring (bicyclic) bond motifs is 1. The third-order valence-corrected chi connectivity index (χ3v) is 4.44. The Hall–Kier alpha value is -1.66. The van der Waals surface area contributed by atoms with Crippen molar-refractivity contribution in [3.05, 3.63) is 35.9 Å². The van der Waals surface area contributed by atoms with E-state index in [0.717, 1.165) is 32.5 Å². The molecule has 3 atom stereocenters. The summed E-state index contributed by atoms with van der Waals surface area (Å²) in [5.74, 6) is 1.90. The number of aryl methyl sites for hydroxylation is 1. The average molecular weight is 289 g/mol. The van der Waals surface area contributed by atoms with Gasteiger partial charge < -0.3 is 13.7 Å². The second kappa shape index (κ2) is 5.27. The van der Waals surface area contributed by atoms with Crippen molar-refractivity contribution in [2.75, 3.05) is 13.1 Å². The van der Waals surface area contributed by atoms with Gasteiger partial charge in [-0.3, -0.25) is 4.90 Å². The van der Waals surface area contributed by atoms with Gasteiger partial charge in [0.05, 0.1) is 18.6 Å². The van der Waals surface area contributed by atoms with Crippen LogP contribution in [0, 0.1) is 12.8 Å². The summed E-state index contributed by atoms with van der Waals surface area (Å²) in [6, 6.07) is 2.02. The van der Waals surface area contributed by atoms with Crippen LogP contribution >= 0.6 is 0 Å². The molecule has 2 fully saturated rings. The number of hydrogen-bond acceptors (Lipinski definition) is 6. The van der Waals surface area contributed by atoms with Crippen molar-refractivity contribution in [3.63, 3.8) is 0 Å². The van der Waals surface area contributed by atoms with E-state index < -0.39 is 0 Å². The first-order chi connectivity index (χ1) is 10.3. The van der Waals surface area contributed by atoms with E-state index in [1.165, 1.54) is 5.56 Å². The Kier molecular flexibility index (Phi) is 3.27. The number of ether oxygens (including phenoxy) is 1. The maximum absolute atomic E-state index is 6.15. The molecule has 21 heavy (non-hydrogen) atoms. The van der Waals surface area contributed by atoms with Crippen molar-refractivity contribution in [2.45, 2.75) is 38.5 Å². The summed E-state index contributed by atoms with van der Waals surface area (Å²) in [6.07, 6.45) is 5.92. The van der Waals surface area contributed by atoms with Crippen molar-refractivity contribution >= 4 is 0 Å². The van der Waals surface area contributed by atoms with E-state index in [1.807, 2.05) is 19.3 Å². The maximum atomic E-state index is 6.15. The van der Waals surface area contributed by atoms with Gasteiger partial charge in [0.2, 0.25) is 0 Å². The minimum absolute atomic E-state index is 0.0323. The number of piperidine rings is 1. The molecule has 0 bridgehead atoms. The number of furan rings is 1. The molecule has 112 valence electrons. The first-order valence-electron chi connectivity index (χ1n) is 7.47. The van der Waals surface area contributed by atoms with Crippen molar-refractivity contribution in [2.24, 2.45) is 5.92 Å². The zero-order valence-electron chi connectivity index (χ0n) is 12.1.